The van der Waals surface area contributed by atoms with Crippen molar-refractivity contribution in [3.8, 4) is 0 Å². The van der Waals surface area contributed by atoms with Crippen LogP contribution in [0.5, 0.6) is 0 Å². The van der Waals surface area contributed by atoms with Gasteiger partial charge in [-0.25, -0.2) is 19.7 Å². The van der Waals surface area contributed by atoms with Crippen molar-refractivity contribution >= 4 is 23.5 Å². The molecule has 2 aromatic heterocycles. The smallest absolute Gasteiger partial charge is 0.339 e. The molecule has 10 nitrogen and oxygen atoms in total. The van der Waals surface area contributed by atoms with Crippen molar-refractivity contribution in [1.29, 1.82) is 0 Å². The second kappa shape index (κ2) is 12.3. The van der Waals surface area contributed by atoms with Gasteiger partial charge in [-0.1, -0.05) is 26.7 Å². The van der Waals surface area contributed by atoms with Crippen molar-refractivity contribution < 1.29 is 19.1 Å². The van der Waals surface area contributed by atoms with Crippen LogP contribution >= 0.6 is 0 Å². The molecule has 2 aliphatic rings. The summed E-state index contributed by atoms with van der Waals surface area (Å²) in [5, 5.41) is 3.55. The summed E-state index contributed by atoms with van der Waals surface area (Å²) in [6, 6.07) is 1.92. The van der Waals surface area contributed by atoms with Gasteiger partial charge < -0.3 is 24.6 Å². The summed E-state index contributed by atoms with van der Waals surface area (Å²) in [4.78, 5) is 44.3. The predicted molar refractivity (Wildman–Crippen MR) is 160 cm³/mol. The van der Waals surface area contributed by atoms with E-state index in [0.717, 1.165) is 48.9 Å². The Bertz CT molecular complexity index is 1250. The van der Waals surface area contributed by atoms with E-state index < -0.39 is 5.54 Å². The molecule has 41 heavy (non-hydrogen) atoms. The minimum atomic E-state index is -0.481. The van der Waals surface area contributed by atoms with Gasteiger partial charge >= 0.3 is 5.97 Å². The highest BCUT2D eigenvalue weighted by Gasteiger charge is 2.39. The molecule has 0 radical (unpaired) electrons. The second-order valence-corrected chi connectivity index (χ2v) is 12.6. The van der Waals surface area contributed by atoms with E-state index in [1.54, 1.807) is 13.3 Å². The van der Waals surface area contributed by atoms with Crippen LogP contribution < -0.4 is 10.2 Å². The van der Waals surface area contributed by atoms with Crippen LogP contribution in [0.15, 0.2) is 12.3 Å². The molecular formula is C31H46N6O4. The first-order chi connectivity index (χ1) is 19.4. The lowest BCUT2D eigenvalue weighted by Gasteiger charge is -2.47. The summed E-state index contributed by atoms with van der Waals surface area (Å²) >= 11 is 0. The standard InChI is InChI=1S/C31H46N6O4/c1-20(2)26-27(33-17-31(19-40-7)11-9-10-12-31)32-16-23(35-26)28(38)37-14-13-36(18-30(37,5)6)24-15-21(3)25(22(4)34-24)29(39)41-8/h15-16,20H,9-14,17-19H2,1-8H3,(H,32,33). The van der Waals surface area contributed by atoms with Crippen molar-refractivity contribution in [1.82, 2.24) is 19.9 Å². The maximum absolute atomic E-state index is 13.8. The molecule has 1 saturated carbocycles. The summed E-state index contributed by atoms with van der Waals surface area (Å²) in [6.07, 6.45) is 6.33. The number of hydrogen-bond acceptors (Lipinski definition) is 9. The van der Waals surface area contributed by atoms with E-state index in [2.05, 4.69) is 37.9 Å². The molecular weight excluding hydrogens is 520 g/mol. The zero-order valence-corrected chi connectivity index (χ0v) is 26.0. The lowest BCUT2D eigenvalue weighted by atomic mass is 9.87. The van der Waals surface area contributed by atoms with Gasteiger partial charge in [-0.15, -0.1) is 0 Å². The number of amides is 1. The van der Waals surface area contributed by atoms with Gasteiger partial charge in [0.15, 0.2) is 0 Å². The van der Waals surface area contributed by atoms with Gasteiger partial charge in [0.25, 0.3) is 5.91 Å². The van der Waals surface area contributed by atoms with E-state index in [9.17, 15) is 9.59 Å². The molecule has 2 fully saturated rings. The SMILES string of the molecule is COCC1(CNc2ncc(C(=O)N3CCN(c4cc(C)c(C(=O)OC)c(C)n4)CC3(C)C)nc2C(C)C)CCCC1. The number of carbonyl (C=O) groups excluding carboxylic acids is 2. The first kappa shape index (κ1) is 30.7. The largest absolute Gasteiger partial charge is 0.465 e. The number of piperazine rings is 1. The molecule has 1 amide bonds. The summed E-state index contributed by atoms with van der Waals surface area (Å²) in [5.74, 6) is 1.14. The molecule has 224 valence electrons. The van der Waals surface area contributed by atoms with Crippen molar-refractivity contribution in [2.45, 2.75) is 78.7 Å². The number of aryl methyl sites for hydroxylation is 2. The zero-order valence-electron chi connectivity index (χ0n) is 26.0. The first-order valence-electron chi connectivity index (χ1n) is 14.6. The molecule has 10 heteroatoms. The van der Waals surface area contributed by atoms with E-state index in [4.69, 9.17) is 24.4 Å². The Morgan fingerprint density at radius 3 is 2.39 bits per heavy atom. The van der Waals surface area contributed by atoms with Crippen LogP contribution in [-0.4, -0.2) is 84.3 Å². The quantitative estimate of drug-likeness (QED) is 0.430. The van der Waals surface area contributed by atoms with E-state index in [1.807, 2.05) is 24.8 Å². The lowest BCUT2D eigenvalue weighted by Crippen LogP contribution is -2.61. The minimum absolute atomic E-state index is 0.107. The monoisotopic (exact) mass is 566 g/mol. The number of ether oxygens (including phenoxy) is 2. The predicted octanol–water partition coefficient (Wildman–Crippen LogP) is 4.76. The van der Waals surface area contributed by atoms with Gasteiger partial charge in [-0.2, -0.15) is 0 Å². The summed E-state index contributed by atoms with van der Waals surface area (Å²) in [5.41, 5.74) is 2.76. The number of methoxy groups -OCH3 is 2. The Kier molecular flexibility index (Phi) is 9.21. The van der Waals surface area contributed by atoms with Crippen molar-refractivity contribution in [2.75, 3.05) is 57.2 Å². The number of esters is 1. The Morgan fingerprint density at radius 2 is 1.80 bits per heavy atom. The van der Waals surface area contributed by atoms with Gasteiger partial charge in [-0.05, 0) is 58.1 Å². The maximum atomic E-state index is 13.8. The molecule has 0 atom stereocenters. The summed E-state index contributed by atoms with van der Waals surface area (Å²) in [6.45, 7) is 15.2. The molecule has 0 unspecified atom stereocenters. The third kappa shape index (κ3) is 6.47. The average molecular weight is 567 g/mol. The van der Waals surface area contributed by atoms with E-state index >= 15 is 0 Å². The van der Waals surface area contributed by atoms with Crippen LogP contribution in [0.3, 0.4) is 0 Å². The van der Waals surface area contributed by atoms with Gasteiger partial charge in [0.1, 0.15) is 17.3 Å². The number of anilines is 2. The van der Waals surface area contributed by atoms with Crippen LogP contribution in [0, 0.1) is 19.3 Å². The van der Waals surface area contributed by atoms with Crippen LogP contribution in [-0.2, 0) is 9.47 Å². The van der Waals surface area contributed by atoms with E-state index in [-0.39, 0.29) is 23.2 Å². The van der Waals surface area contributed by atoms with Crippen molar-refractivity contribution in [3.63, 3.8) is 0 Å². The number of rotatable bonds is 9. The molecule has 2 aromatic rings. The molecule has 1 saturated heterocycles. The molecule has 3 heterocycles. The topological polar surface area (TPSA) is 110 Å². The fourth-order valence-electron chi connectivity index (χ4n) is 6.37. The summed E-state index contributed by atoms with van der Waals surface area (Å²) < 4.78 is 10.5. The maximum Gasteiger partial charge on any atom is 0.339 e. The highest BCUT2D eigenvalue weighted by atomic mass is 16.5. The fraction of sp³-hybridized carbons (Fsp3) is 0.645. The molecule has 0 spiro atoms. The number of aromatic nitrogens is 3. The molecule has 1 N–H and O–H groups in total. The van der Waals surface area contributed by atoms with Crippen LogP contribution in [0.25, 0.3) is 0 Å². The van der Waals surface area contributed by atoms with E-state index in [0.29, 0.717) is 36.6 Å². The summed E-state index contributed by atoms with van der Waals surface area (Å²) in [7, 11) is 3.14. The van der Waals surface area contributed by atoms with Gasteiger partial charge in [0, 0.05) is 38.7 Å². The van der Waals surface area contributed by atoms with E-state index in [1.165, 1.54) is 20.0 Å². The van der Waals surface area contributed by atoms with Crippen molar-refractivity contribution in [3.05, 3.63) is 40.5 Å². The Labute approximate surface area is 244 Å². The number of nitrogens with one attached hydrogen (secondary N) is 1. The lowest BCUT2D eigenvalue weighted by molar-refractivity contribution is 0.0505. The fourth-order valence-corrected chi connectivity index (χ4v) is 6.37. The Hall–Kier alpha value is -3.27. The minimum Gasteiger partial charge on any atom is -0.465 e. The van der Waals surface area contributed by atoms with Crippen LogP contribution in [0.4, 0.5) is 11.6 Å². The zero-order chi connectivity index (χ0) is 29.9. The van der Waals surface area contributed by atoms with Crippen molar-refractivity contribution in [2.24, 2.45) is 5.41 Å². The molecule has 0 aromatic carbocycles. The van der Waals surface area contributed by atoms with Gasteiger partial charge in [-0.3, -0.25) is 4.79 Å². The first-order valence-corrected chi connectivity index (χ1v) is 14.6. The highest BCUT2D eigenvalue weighted by molar-refractivity contribution is 5.93. The molecule has 1 aliphatic heterocycles. The average Bonchev–Trinajstić information content (AvgIpc) is 3.39. The normalized spacial score (nSPS) is 18.1. The third-order valence-corrected chi connectivity index (χ3v) is 8.56. The third-order valence-electron chi connectivity index (χ3n) is 8.56. The molecule has 4 rings (SSSR count). The second-order valence-electron chi connectivity index (χ2n) is 12.6. The Morgan fingerprint density at radius 1 is 1.10 bits per heavy atom. The van der Waals surface area contributed by atoms with Gasteiger partial charge in [0.05, 0.1) is 42.4 Å². The molecule has 1 aliphatic carbocycles. The van der Waals surface area contributed by atoms with Crippen LogP contribution in [0.2, 0.25) is 0 Å². The number of carbonyl (C=O) groups is 2. The number of nitrogens with zero attached hydrogens (tertiary/aromatic N) is 5. The highest BCUT2D eigenvalue weighted by Crippen LogP contribution is 2.39. The number of hydrogen-bond donors (Lipinski definition) is 1. The Balaban J connectivity index is 1.50. The van der Waals surface area contributed by atoms with Gasteiger partial charge in [0.2, 0.25) is 0 Å². The molecule has 0 bridgehead atoms. The van der Waals surface area contributed by atoms with Crippen LogP contribution in [0.1, 0.15) is 97.1 Å². The number of pyridine rings is 1.